The Morgan fingerprint density at radius 2 is 1.30 bits per heavy atom. The van der Waals surface area contributed by atoms with Gasteiger partial charge in [-0.05, 0) is 32.1 Å². The van der Waals surface area contributed by atoms with Gasteiger partial charge in [-0.15, -0.1) is 0 Å². The van der Waals surface area contributed by atoms with Gasteiger partial charge < -0.3 is 9.47 Å². The minimum atomic E-state index is -0.0902. The molecule has 0 aliphatic carbocycles. The average Bonchev–Trinajstić information content (AvgIpc) is 2.67. The SMILES string of the molecule is CCCCC=CC=CC=CCCCCCCCC(=O)OCCOCCCC. The Labute approximate surface area is 167 Å². The summed E-state index contributed by atoms with van der Waals surface area (Å²) in [6.45, 7) is 6.01. The zero-order valence-electron chi connectivity index (χ0n) is 17.8. The Bertz CT molecular complexity index is 396. The Kier molecular flexibility index (Phi) is 21.6. The first-order valence-corrected chi connectivity index (χ1v) is 11.0. The number of ether oxygens (including phenoxy) is 2. The zero-order chi connectivity index (χ0) is 19.8. The lowest BCUT2D eigenvalue weighted by Gasteiger charge is -2.05. The van der Waals surface area contributed by atoms with Crippen molar-refractivity contribution in [3.8, 4) is 0 Å². The third-order valence-electron chi connectivity index (χ3n) is 4.21. The van der Waals surface area contributed by atoms with E-state index in [1.165, 1.54) is 38.5 Å². The maximum atomic E-state index is 11.6. The van der Waals surface area contributed by atoms with Gasteiger partial charge in [0.2, 0.25) is 0 Å². The van der Waals surface area contributed by atoms with Crippen LogP contribution in [0.5, 0.6) is 0 Å². The van der Waals surface area contributed by atoms with Crippen LogP contribution in [0.25, 0.3) is 0 Å². The van der Waals surface area contributed by atoms with Crippen LogP contribution in [0.15, 0.2) is 36.5 Å². The monoisotopic (exact) mass is 378 g/mol. The van der Waals surface area contributed by atoms with E-state index in [4.69, 9.17) is 9.47 Å². The predicted molar refractivity (Wildman–Crippen MR) is 116 cm³/mol. The summed E-state index contributed by atoms with van der Waals surface area (Å²) in [7, 11) is 0. The number of unbranched alkanes of at least 4 members (excludes halogenated alkanes) is 8. The molecule has 0 rings (SSSR count). The van der Waals surface area contributed by atoms with Crippen LogP contribution in [0.3, 0.4) is 0 Å². The summed E-state index contributed by atoms with van der Waals surface area (Å²) in [5.74, 6) is -0.0902. The molecule has 0 aliphatic rings. The molecule has 0 bridgehead atoms. The van der Waals surface area contributed by atoms with Crippen LogP contribution in [0.2, 0.25) is 0 Å². The molecule has 0 aromatic carbocycles. The summed E-state index contributed by atoms with van der Waals surface area (Å²) in [4.78, 5) is 11.6. The van der Waals surface area contributed by atoms with Crippen LogP contribution < -0.4 is 0 Å². The van der Waals surface area contributed by atoms with Crippen molar-refractivity contribution in [2.24, 2.45) is 0 Å². The van der Waals surface area contributed by atoms with E-state index in [0.29, 0.717) is 19.6 Å². The largest absolute Gasteiger partial charge is 0.463 e. The minimum Gasteiger partial charge on any atom is -0.463 e. The molecule has 0 heterocycles. The number of hydrogen-bond acceptors (Lipinski definition) is 3. The molecule has 0 radical (unpaired) electrons. The van der Waals surface area contributed by atoms with Gasteiger partial charge in [0.15, 0.2) is 0 Å². The van der Waals surface area contributed by atoms with Crippen LogP contribution in [0.1, 0.15) is 90.9 Å². The number of carbonyl (C=O) groups is 1. The van der Waals surface area contributed by atoms with Crippen molar-refractivity contribution >= 4 is 5.97 Å². The molecular formula is C24H42O3. The molecule has 156 valence electrons. The van der Waals surface area contributed by atoms with E-state index in [1.807, 2.05) is 0 Å². The van der Waals surface area contributed by atoms with E-state index in [-0.39, 0.29) is 5.97 Å². The Morgan fingerprint density at radius 1 is 0.667 bits per heavy atom. The van der Waals surface area contributed by atoms with Gasteiger partial charge in [-0.3, -0.25) is 4.79 Å². The molecule has 3 nitrogen and oxygen atoms in total. The van der Waals surface area contributed by atoms with Crippen LogP contribution in [0, 0.1) is 0 Å². The topological polar surface area (TPSA) is 35.5 Å². The molecule has 27 heavy (non-hydrogen) atoms. The molecule has 3 heteroatoms. The predicted octanol–water partition coefficient (Wildman–Crippen LogP) is 6.94. The average molecular weight is 379 g/mol. The fourth-order valence-electron chi connectivity index (χ4n) is 2.50. The first kappa shape index (κ1) is 25.6. The molecule has 0 aliphatic heterocycles. The van der Waals surface area contributed by atoms with E-state index in [1.54, 1.807) is 0 Å². The smallest absolute Gasteiger partial charge is 0.305 e. The standard InChI is InChI=1S/C24H42O3/c1-3-5-7-8-9-10-11-12-13-14-15-16-17-18-19-20-24(25)27-23-22-26-21-6-4-2/h8-13H,3-7,14-23H2,1-2H3. The molecule has 0 unspecified atom stereocenters. The highest BCUT2D eigenvalue weighted by molar-refractivity contribution is 5.69. The second-order valence-corrected chi connectivity index (χ2v) is 6.88. The third-order valence-corrected chi connectivity index (χ3v) is 4.21. The quantitative estimate of drug-likeness (QED) is 0.139. The molecule has 0 saturated heterocycles. The number of hydrogen-bond donors (Lipinski definition) is 0. The second-order valence-electron chi connectivity index (χ2n) is 6.88. The maximum Gasteiger partial charge on any atom is 0.305 e. The van der Waals surface area contributed by atoms with Crippen LogP contribution in [0.4, 0.5) is 0 Å². The number of rotatable bonds is 19. The van der Waals surface area contributed by atoms with E-state index in [2.05, 4.69) is 50.3 Å². The van der Waals surface area contributed by atoms with Gasteiger partial charge in [-0.25, -0.2) is 0 Å². The van der Waals surface area contributed by atoms with E-state index < -0.39 is 0 Å². The lowest BCUT2D eigenvalue weighted by Crippen LogP contribution is -2.10. The number of allylic oxidation sites excluding steroid dienone is 6. The first-order chi connectivity index (χ1) is 13.3. The van der Waals surface area contributed by atoms with Gasteiger partial charge in [0.25, 0.3) is 0 Å². The van der Waals surface area contributed by atoms with Gasteiger partial charge in [0.05, 0.1) is 6.61 Å². The summed E-state index contributed by atoms with van der Waals surface area (Å²) in [6.07, 6.45) is 26.2. The third kappa shape index (κ3) is 22.6. The molecule has 0 fully saturated rings. The van der Waals surface area contributed by atoms with Crippen molar-refractivity contribution in [2.75, 3.05) is 19.8 Å². The molecule has 0 amide bonds. The fraction of sp³-hybridized carbons (Fsp3) is 0.708. The van der Waals surface area contributed by atoms with Gasteiger partial charge in [0.1, 0.15) is 6.61 Å². The first-order valence-electron chi connectivity index (χ1n) is 11.0. The Hall–Kier alpha value is -1.35. The summed E-state index contributed by atoms with van der Waals surface area (Å²) in [6, 6.07) is 0. The van der Waals surface area contributed by atoms with Crippen LogP contribution in [-0.2, 0) is 14.3 Å². The van der Waals surface area contributed by atoms with E-state index >= 15 is 0 Å². The molecule has 0 spiro atoms. The Morgan fingerprint density at radius 3 is 2.00 bits per heavy atom. The van der Waals surface area contributed by atoms with Crippen molar-refractivity contribution in [1.29, 1.82) is 0 Å². The van der Waals surface area contributed by atoms with Crippen molar-refractivity contribution in [2.45, 2.75) is 90.9 Å². The summed E-state index contributed by atoms with van der Waals surface area (Å²) >= 11 is 0. The van der Waals surface area contributed by atoms with E-state index in [9.17, 15) is 4.79 Å². The molecule has 0 aromatic heterocycles. The summed E-state index contributed by atoms with van der Waals surface area (Å²) in [5.41, 5.74) is 0. The molecule has 0 N–H and O–H groups in total. The number of carbonyl (C=O) groups excluding carboxylic acids is 1. The number of esters is 1. The minimum absolute atomic E-state index is 0.0902. The highest BCUT2D eigenvalue weighted by Gasteiger charge is 2.02. The van der Waals surface area contributed by atoms with Crippen molar-refractivity contribution in [1.82, 2.24) is 0 Å². The lowest BCUT2D eigenvalue weighted by molar-refractivity contribution is -0.145. The molecular weight excluding hydrogens is 336 g/mol. The van der Waals surface area contributed by atoms with Gasteiger partial charge >= 0.3 is 5.97 Å². The van der Waals surface area contributed by atoms with Crippen LogP contribution >= 0.6 is 0 Å². The summed E-state index contributed by atoms with van der Waals surface area (Å²) < 4.78 is 10.5. The zero-order valence-corrected chi connectivity index (χ0v) is 17.8. The molecule has 0 atom stereocenters. The second kappa shape index (κ2) is 22.7. The van der Waals surface area contributed by atoms with Gasteiger partial charge in [-0.1, -0.05) is 88.8 Å². The normalized spacial score (nSPS) is 11.9. The van der Waals surface area contributed by atoms with Gasteiger partial charge in [-0.2, -0.15) is 0 Å². The van der Waals surface area contributed by atoms with E-state index in [0.717, 1.165) is 38.7 Å². The summed E-state index contributed by atoms with van der Waals surface area (Å²) in [5, 5.41) is 0. The highest BCUT2D eigenvalue weighted by atomic mass is 16.6. The van der Waals surface area contributed by atoms with Crippen molar-refractivity contribution in [3.05, 3.63) is 36.5 Å². The van der Waals surface area contributed by atoms with Crippen molar-refractivity contribution in [3.63, 3.8) is 0 Å². The lowest BCUT2D eigenvalue weighted by atomic mass is 10.1. The Balaban J connectivity index is 3.32. The molecule has 0 aromatic rings. The van der Waals surface area contributed by atoms with Crippen LogP contribution in [-0.4, -0.2) is 25.8 Å². The molecule has 0 saturated carbocycles. The highest BCUT2D eigenvalue weighted by Crippen LogP contribution is 2.08. The van der Waals surface area contributed by atoms with Gasteiger partial charge in [0, 0.05) is 13.0 Å². The van der Waals surface area contributed by atoms with Crippen molar-refractivity contribution < 1.29 is 14.3 Å². The maximum absolute atomic E-state index is 11.6. The fourth-order valence-corrected chi connectivity index (χ4v) is 2.50.